The number of nitrogens with one attached hydrogen (secondary N) is 1. The molecule has 1 aromatic carbocycles. The molecule has 1 aliphatic rings. The predicted molar refractivity (Wildman–Crippen MR) is 94.9 cm³/mol. The van der Waals surface area contributed by atoms with E-state index in [9.17, 15) is 4.79 Å². The number of ether oxygens (including phenoxy) is 1. The van der Waals surface area contributed by atoms with Crippen molar-refractivity contribution in [1.29, 1.82) is 0 Å². The van der Waals surface area contributed by atoms with Gasteiger partial charge in [-0.2, -0.15) is 4.98 Å². The van der Waals surface area contributed by atoms with Gasteiger partial charge in [0.05, 0.1) is 19.2 Å². The van der Waals surface area contributed by atoms with Gasteiger partial charge >= 0.3 is 0 Å². The number of benzene rings is 1. The van der Waals surface area contributed by atoms with Gasteiger partial charge in [0.25, 0.3) is 5.89 Å². The molecule has 128 valence electrons. The number of thiophene rings is 1. The Morgan fingerprint density at radius 3 is 3.08 bits per heavy atom. The number of aromatic nitrogens is 2. The van der Waals surface area contributed by atoms with Crippen LogP contribution in [0.5, 0.6) is 5.75 Å². The second-order valence-corrected chi connectivity index (χ2v) is 6.89. The van der Waals surface area contributed by atoms with Gasteiger partial charge in [-0.25, -0.2) is 0 Å². The summed E-state index contributed by atoms with van der Waals surface area (Å²) in [5.41, 5.74) is 1.59. The summed E-state index contributed by atoms with van der Waals surface area (Å²) in [6, 6.07) is 9.33. The zero-order valence-corrected chi connectivity index (χ0v) is 14.5. The highest BCUT2D eigenvalue weighted by Crippen LogP contribution is 2.40. The second kappa shape index (κ2) is 6.68. The van der Waals surface area contributed by atoms with E-state index in [-0.39, 0.29) is 12.3 Å². The molecule has 7 heteroatoms. The molecule has 1 N–H and O–H groups in total. The Morgan fingerprint density at radius 2 is 2.28 bits per heavy atom. The zero-order chi connectivity index (χ0) is 17.2. The van der Waals surface area contributed by atoms with Gasteiger partial charge in [-0.15, -0.1) is 11.3 Å². The van der Waals surface area contributed by atoms with Gasteiger partial charge in [0, 0.05) is 5.92 Å². The summed E-state index contributed by atoms with van der Waals surface area (Å²) in [4.78, 5) is 17.6. The van der Waals surface area contributed by atoms with Crippen LogP contribution < -0.4 is 10.1 Å². The van der Waals surface area contributed by atoms with E-state index in [4.69, 9.17) is 9.26 Å². The third-order valence-electron chi connectivity index (χ3n) is 4.02. The lowest BCUT2D eigenvalue weighted by molar-refractivity contribution is -0.115. The Morgan fingerprint density at radius 1 is 1.40 bits per heavy atom. The molecule has 0 bridgehead atoms. The van der Waals surface area contributed by atoms with Gasteiger partial charge in [0.2, 0.25) is 5.91 Å². The molecule has 0 unspecified atom stereocenters. The van der Waals surface area contributed by atoms with Crippen molar-refractivity contribution in [2.45, 2.75) is 25.2 Å². The van der Waals surface area contributed by atoms with E-state index in [1.54, 1.807) is 7.11 Å². The minimum absolute atomic E-state index is 0.102. The van der Waals surface area contributed by atoms with Gasteiger partial charge in [-0.3, -0.25) is 4.79 Å². The van der Waals surface area contributed by atoms with E-state index >= 15 is 0 Å². The molecule has 0 radical (unpaired) electrons. The third-order valence-corrected chi connectivity index (χ3v) is 4.92. The van der Waals surface area contributed by atoms with Crippen LogP contribution in [0.25, 0.3) is 10.8 Å². The molecule has 0 aliphatic heterocycles. The van der Waals surface area contributed by atoms with Crippen LogP contribution in [0.1, 0.15) is 30.1 Å². The van der Waals surface area contributed by atoms with Gasteiger partial charge in [-0.1, -0.05) is 17.3 Å². The first-order chi connectivity index (χ1) is 12.2. The number of hydrogen-bond acceptors (Lipinski definition) is 6. The standard InChI is InChI=1S/C18H17N3O3S/c1-23-13-4-2-3-11(9-13)10-15(22)19-14-7-8-25-16(14)18-20-17(21-24-18)12-5-6-12/h2-4,7-9,12H,5-6,10H2,1H3,(H,19,22). The van der Waals surface area contributed by atoms with Crippen LogP contribution in [0.15, 0.2) is 40.2 Å². The minimum atomic E-state index is -0.102. The van der Waals surface area contributed by atoms with Gasteiger partial charge in [-0.05, 0) is 42.0 Å². The van der Waals surface area contributed by atoms with E-state index in [2.05, 4.69) is 15.5 Å². The molecule has 6 nitrogen and oxygen atoms in total. The maximum atomic E-state index is 12.4. The number of rotatable bonds is 6. The molecule has 4 rings (SSSR count). The Labute approximate surface area is 148 Å². The second-order valence-electron chi connectivity index (χ2n) is 5.97. The molecule has 0 saturated heterocycles. The molecule has 2 heterocycles. The molecule has 0 spiro atoms. The van der Waals surface area contributed by atoms with Gasteiger partial charge in [0.1, 0.15) is 10.6 Å². The molecular formula is C18H17N3O3S. The van der Waals surface area contributed by atoms with E-state index in [0.717, 1.165) is 34.9 Å². The summed E-state index contributed by atoms with van der Waals surface area (Å²) in [7, 11) is 1.61. The largest absolute Gasteiger partial charge is 0.497 e. The molecule has 2 aromatic heterocycles. The van der Waals surface area contributed by atoms with E-state index in [1.165, 1.54) is 11.3 Å². The molecule has 25 heavy (non-hydrogen) atoms. The first kappa shape index (κ1) is 15.8. The van der Waals surface area contributed by atoms with E-state index in [0.29, 0.717) is 17.5 Å². The average Bonchev–Trinajstić information content (AvgIpc) is 3.17. The summed E-state index contributed by atoms with van der Waals surface area (Å²) in [6.07, 6.45) is 2.50. The van der Waals surface area contributed by atoms with Crippen molar-refractivity contribution in [3.8, 4) is 16.5 Å². The molecule has 1 amide bonds. The molecule has 0 atom stereocenters. The third kappa shape index (κ3) is 3.56. The highest BCUT2D eigenvalue weighted by molar-refractivity contribution is 7.14. The van der Waals surface area contributed by atoms with Gasteiger partial charge < -0.3 is 14.6 Å². The van der Waals surface area contributed by atoms with Crippen molar-refractivity contribution in [3.63, 3.8) is 0 Å². The highest BCUT2D eigenvalue weighted by atomic mass is 32.1. The van der Waals surface area contributed by atoms with Crippen molar-refractivity contribution in [1.82, 2.24) is 10.1 Å². The van der Waals surface area contributed by atoms with Crippen molar-refractivity contribution in [2.24, 2.45) is 0 Å². The van der Waals surface area contributed by atoms with Crippen molar-refractivity contribution in [2.75, 3.05) is 12.4 Å². The summed E-state index contributed by atoms with van der Waals surface area (Å²) in [5.74, 6) is 2.30. The molecular weight excluding hydrogens is 338 g/mol. The molecule has 1 fully saturated rings. The van der Waals surface area contributed by atoms with Crippen LogP contribution in [0.3, 0.4) is 0 Å². The fourth-order valence-corrected chi connectivity index (χ4v) is 3.34. The van der Waals surface area contributed by atoms with Crippen LogP contribution in [0, 0.1) is 0 Å². The van der Waals surface area contributed by atoms with E-state index < -0.39 is 0 Å². The smallest absolute Gasteiger partial charge is 0.270 e. The fourth-order valence-electron chi connectivity index (χ4n) is 2.57. The van der Waals surface area contributed by atoms with Crippen LogP contribution >= 0.6 is 11.3 Å². The summed E-state index contributed by atoms with van der Waals surface area (Å²) < 4.78 is 10.6. The SMILES string of the molecule is COc1cccc(CC(=O)Nc2ccsc2-c2nc(C3CC3)no2)c1. The van der Waals surface area contributed by atoms with Crippen LogP contribution in [0.4, 0.5) is 5.69 Å². The summed E-state index contributed by atoms with van der Waals surface area (Å²) >= 11 is 1.47. The normalized spacial score (nSPS) is 13.6. The number of nitrogens with zero attached hydrogens (tertiary/aromatic N) is 2. The maximum absolute atomic E-state index is 12.4. The lowest BCUT2D eigenvalue weighted by Crippen LogP contribution is -2.14. The molecule has 3 aromatic rings. The maximum Gasteiger partial charge on any atom is 0.270 e. The Kier molecular flexibility index (Phi) is 4.23. The summed E-state index contributed by atoms with van der Waals surface area (Å²) in [5, 5.41) is 8.87. The lowest BCUT2D eigenvalue weighted by Gasteiger charge is -2.06. The quantitative estimate of drug-likeness (QED) is 0.726. The number of amides is 1. The first-order valence-corrected chi connectivity index (χ1v) is 8.95. The molecule has 1 saturated carbocycles. The lowest BCUT2D eigenvalue weighted by atomic mass is 10.1. The monoisotopic (exact) mass is 355 g/mol. The Hall–Kier alpha value is -2.67. The van der Waals surface area contributed by atoms with Crippen molar-refractivity contribution in [3.05, 3.63) is 47.1 Å². The Bertz CT molecular complexity index is 898. The number of carbonyl (C=O) groups is 1. The van der Waals surface area contributed by atoms with Gasteiger partial charge in [0.15, 0.2) is 5.82 Å². The summed E-state index contributed by atoms with van der Waals surface area (Å²) in [6.45, 7) is 0. The fraction of sp³-hybridized carbons (Fsp3) is 0.278. The van der Waals surface area contributed by atoms with Crippen molar-refractivity contribution >= 4 is 22.9 Å². The minimum Gasteiger partial charge on any atom is -0.497 e. The first-order valence-electron chi connectivity index (χ1n) is 8.07. The molecule has 1 aliphatic carbocycles. The van der Waals surface area contributed by atoms with Crippen LogP contribution in [0.2, 0.25) is 0 Å². The van der Waals surface area contributed by atoms with E-state index in [1.807, 2.05) is 35.7 Å². The predicted octanol–water partition coefficient (Wildman–Crippen LogP) is 3.87. The van der Waals surface area contributed by atoms with Crippen LogP contribution in [-0.2, 0) is 11.2 Å². The number of methoxy groups -OCH3 is 1. The Balaban J connectivity index is 1.47. The topological polar surface area (TPSA) is 77.2 Å². The zero-order valence-electron chi connectivity index (χ0n) is 13.7. The number of carbonyl (C=O) groups excluding carboxylic acids is 1. The van der Waals surface area contributed by atoms with Crippen LogP contribution in [-0.4, -0.2) is 23.2 Å². The number of hydrogen-bond donors (Lipinski definition) is 1. The highest BCUT2D eigenvalue weighted by Gasteiger charge is 2.29. The number of anilines is 1. The average molecular weight is 355 g/mol. The van der Waals surface area contributed by atoms with Crippen molar-refractivity contribution < 1.29 is 14.1 Å².